The second-order valence-electron chi connectivity index (χ2n) is 5.14. The van der Waals surface area contributed by atoms with Crippen molar-refractivity contribution in [2.45, 2.75) is 45.7 Å². The standard InChI is InChI=1S/C14H22N2OS/c1-4-11-6-8-18-13(11)14(17)16-12-9(2)5-7-15-10(12)3/h6,8-10,12,15H,4-5,7H2,1-3H3,(H,16,17). The number of carbonyl (C=O) groups is 1. The quantitative estimate of drug-likeness (QED) is 0.882. The van der Waals surface area contributed by atoms with Crippen LogP contribution in [0.3, 0.4) is 0 Å². The van der Waals surface area contributed by atoms with Gasteiger partial charge in [0.2, 0.25) is 0 Å². The van der Waals surface area contributed by atoms with E-state index in [0.717, 1.165) is 29.8 Å². The maximum Gasteiger partial charge on any atom is 0.261 e. The van der Waals surface area contributed by atoms with E-state index < -0.39 is 0 Å². The summed E-state index contributed by atoms with van der Waals surface area (Å²) in [5.74, 6) is 0.629. The summed E-state index contributed by atoms with van der Waals surface area (Å²) in [6, 6.07) is 2.63. The predicted molar refractivity (Wildman–Crippen MR) is 76.2 cm³/mol. The van der Waals surface area contributed by atoms with Gasteiger partial charge in [0, 0.05) is 12.1 Å². The molecular weight excluding hydrogens is 244 g/mol. The summed E-state index contributed by atoms with van der Waals surface area (Å²) >= 11 is 1.54. The van der Waals surface area contributed by atoms with Gasteiger partial charge in [0.15, 0.2) is 0 Å². The first-order chi connectivity index (χ1) is 8.63. The Morgan fingerprint density at radius 2 is 2.33 bits per heavy atom. The number of amides is 1. The normalized spacial score (nSPS) is 28.1. The van der Waals surface area contributed by atoms with Crippen LogP contribution in [-0.4, -0.2) is 24.5 Å². The number of aryl methyl sites for hydroxylation is 1. The monoisotopic (exact) mass is 266 g/mol. The molecule has 1 saturated heterocycles. The molecule has 100 valence electrons. The second kappa shape index (κ2) is 5.85. The van der Waals surface area contributed by atoms with Crippen molar-refractivity contribution in [3.8, 4) is 0 Å². The predicted octanol–water partition coefficient (Wildman–Crippen LogP) is 2.43. The zero-order chi connectivity index (χ0) is 13.1. The molecule has 1 aliphatic rings. The van der Waals surface area contributed by atoms with Crippen molar-refractivity contribution in [1.82, 2.24) is 10.6 Å². The summed E-state index contributed by atoms with van der Waals surface area (Å²) in [7, 11) is 0. The maximum absolute atomic E-state index is 12.3. The van der Waals surface area contributed by atoms with Crippen molar-refractivity contribution >= 4 is 17.2 Å². The highest BCUT2D eigenvalue weighted by molar-refractivity contribution is 7.12. The van der Waals surface area contributed by atoms with Crippen molar-refractivity contribution in [3.63, 3.8) is 0 Å². The van der Waals surface area contributed by atoms with E-state index in [9.17, 15) is 4.79 Å². The van der Waals surface area contributed by atoms with Gasteiger partial charge in [0.1, 0.15) is 0 Å². The van der Waals surface area contributed by atoms with Crippen LogP contribution in [0.1, 0.15) is 42.4 Å². The van der Waals surface area contributed by atoms with Crippen molar-refractivity contribution in [2.24, 2.45) is 5.92 Å². The molecule has 2 N–H and O–H groups in total. The first-order valence-electron chi connectivity index (χ1n) is 6.74. The Bertz CT molecular complexity index is 406. The van der Waals surface area contributed by atoms with Gasteiger partial charge in [0.05, 0.1) is 4.88 Å². The molecule has 0 bridgehead atoms. The van der Waals surface area contributed by atoms with Crippen LogP contribution >= 0.6 is 11.3 Å². The molecule has 0 saturated carbocycles. The van der Waals surface area contributed by atoms with E-state index in [-0.39, 0.29) is 11.9 Å². The largest absolute Gasteiger partial charge is 0.347 e. The molecular formula is C14H22N2OS. The second-order valence-corrected chi connectivity index (χ2v) is 6.05. The van der Waals surface area contributed by atoms with Crippen LogP contribution in [0.25, 0.3) is 0 Å². The number of piperidine rings is 1. The third-order valence-corrected chi connectivity index (χ3v) is 4.80. The van der Waals surface area contributed by atoms with Crippen LogP contribution in [-0.2, 0) is 6.42 Å². The van der Waals surface area contributed by atoms with E-state index in [4.69, 9.17) is 0 Å². The minimum atomic E-state index is 0.0919. The molecule has 1 aliphatic heterocycles. The van der Waals surface area contributed by atoms with Crippen molar-refractivity contribution in [2.75, 3.05) is 6.54 Å². The highest BCUT2D eigenvalue weighted by atomic mass is 32.1. The Labute approximate surface area is 113 Å². The summed E-state index contributed by atoms with van der Waals surface area (Å²) in [5, 5.41) is 8.63. The summed E-state index contributed by atoms with van der Waals surface area (Å²) in [6.07, 6.45) is 2.04. The van der Waals surface area contributed by atoms with Crippen LogP contribution in [0.5, 0.6) is 0 Å². The highest BCUT2D eigenvalue weighted by Gasteiger charge is 2.29. The molecule has 0 aromatic carbocycles. The zero-order valence-electron chi connectivity index (χ0n) is 11.3. The lowest BCUT2D eigenvalue weighted by Gasteiger charge is -2.35. The number of thiophene rings is 1. The third-order valence-electron chi connectivity index (χ3n) is 3.85. The lowest BCUT2D eigenvalue weighted by molar-refractivity contribution is 0.0901. The highest BCUT2D eigenvalue weighted by Crippen LogP contribution is 2.20. The molecule has 0 spiro atoms. The lowest BCUT2D eigenvalue weighted by atomic mass is 9.89. The van der Waals surface area contributed by atoms with Gasteiger partial charge in [-0.2, -0.15) is 0 Å². The molecule has 1 aromatic rings. The van der Waals surface area contributed by atoms with Gasteiger partial charge in [0.25, 0.3) is 5.91 Å². The van der Waals surface area contributed by atoms with E-state index in [2.05, 4.69) is 31.4 Å². The van der Waals surface area contributed by atoms with E-state index in [0.29, 0.717) is 12.0 Å². The molecule has 2 heterocycles. The molecule has 1 fully saturated rings. The Morgan fingerprint density at radius 3 is 3.00 bits per heavy atom. The number of carbonyl (C=O) groups excluding carboxylic acids is 1. The van der Waals surface area contributed by atoms with E-state index in [1.54, 1.807) is 11.3 Å². The summed E-state index contributed by atoms with van der Waals surface area (Å²) in [4.78, 5) is 13.2. The average Bonchev–Trinajstić information content (AvgIpc) is 2.82. The molecule has 0 radical (unpaired) electrons. The first kappa shape index (κ1) is 13.6. The Morgan fingerprint density at radius 1 is 1.56 bits per heavy atom. The van der Waals surface area contributed by atoms with Gasteiger partial charge in [-0.3, -0.25) is 4.79 Å². The van der Waals surface area contributed by atoms with E-state index in [1.165, 1.54) is 0 Å². The average molecular weight is 266 g/mol. The molecule has 1 aromatic heterocycles. The third kappa shape index (κ3) is 2.75. The Hall–Kier alpha value is -0.870. The fourth-order valence-electron chi connectivity index (χ4n) is 2.64. The lowest BCUT2D eigenvalue weighted by Crippen LogP contribution is -2.55. The van der Waals surface area contributed by atoms with Gasteiger partial charge in [-0.1, -0.05) is 13.8 Å². The maximum atomic E-state index is 12.3. The fourth-order valence-corrected chi connectivity index (χ4v) is 3.53. The molecule has 4 heteroatoms. The van der Waals surface area contributed by atoms with Crippen molar-refractivity contribution < 1.29 is 4.79 Å². The first-order valence-corrected chi connectivity index (χ1v) is 7.62. The van der Waals surface area contributed by atoms with Crippen LogP contribution in [0.4, 0.5) is 0 Å². The van der Waals surface area contributed by atoms with E-state index >= 15 is 0 Å². The van der Waals surface area contributed by atoms with Crippen molar-refractivity contribution in [3.05, 3.63) is 21.9 Å². The van der Waals surface area contributed by atoms with Gasteiger partial charge < -0.3 is 10.6 Å². The molecule has 3 unspecified atom stereocenters. The molecule has 0 aliphatic carbocycles. The molecule has 1 amide bonds. The molecule has 18 heavy (non-hydrogen) atoms. The molecule has 2 rings (SSSR count). The Kier molecular flexibility index (Phi) is 4.40. The number of hydrogen-bond donors (Lipinski definition) is 2. The van der Waals surface area contributed by atoms with E-state index in [1.807, 2.05) is 11.4 Å². The summed E-state index contributed by atoms with van der Waals surface area (Å²) in [6.45, 7) is 7.51. The van der Waals surface area contributed by atoms with Crippen LogP contribution in [0.2, 0.25) is 0 Å². The molecule has 3 nitrogen and oxygen atoms in total. The zero-order valence-corrected chi connectivity index (χ0v) is 12.1. The van der Waals surface area contributed by atoms with Gasteiger partial charge >= 0.3 is 0 Å². The minimum Gasteiger partial charge on any atom is -0.347 e. The number of hydrogen-bond acceptors (Lipinski definition) is 3. The van der Waals surface area contributed by atoms with Gasteiger partial charge in [-0.15, -0.1) is 11.3 Å². The van der Waals surface area contributed by atoms with Crippen LogP contribution in [0, 0.1) is 5.92 Å². The number of nitrogens with one attached hydrogen (secondary N) is 2. The van der Waals surface area contributed by atoms with Crippen molar-refractivity contribution in [1.29, 1.82) is 0 Å². The number of rotatable bonds is 3. The molecule has 3 atom stereocenters. The Balaban J connectivity index is 2.06. The van der Waals surface area contributed by atoms with Crippen LogP contribution < -0.4 is 10.6 Å². The smallest absolute Gasteiger partial charge is 0.261 e. The minimum absolute atomic E-state index is 0.0919. The van der Waals surface area contributed by atoms with Gasteiger partial charge in [-0.25, -0.2) is 0 Å². The van der Waals surface area contributed by atoms with Crippen LogP contribution in [0.15, 0.2) is 11.4 Å². The fraction of sp³-hybridized carbons (Fsp3) is 0.643. The van der Waals surface area contributed by atoms with Gasteiger partial charge in [-0.05, 0) is 49.2 Å². The topological polar surface area (TPSA) is 41.1 Å². The summed E-state index contributed by atoms with van der Waals surface area (Å²) < 4.78 is 0. The summed E-state index contributed by atoms with van der Waals surface area (Å²) in [5.41, 5.74) is 1.15. The SMILES string of the molecule is CCc1ccsc1C(=O)NC1C(C)CCNC1C.